The number of piperazine rings is 1. The Morgan fingerprint density at radius 2 is 1.84 bits per heavy atom. The van der Waals surface area contributed by atoms with E-state index in [1.807, 2.05) is 12.1 Å². The van der Waals surface area contributed by atoms with Crippen LogP contribution in [0.3, 0.4) is 0 Å². The molecule has 25 heavy (non-hydrogen) atoms. The number of nitrogens with zero attached hydrogens (tertiary/aromatic N) is 4. The summed E-state index contributed by atoms with van der Waals surface area (Å²) in [5.74, 6) is 0.682. The van der Waals surface area contributed by atoms with E-state index in [1.165, 1.54) is 23.7 Å². The van der Waals surface area contributed by atoms with Crippen molar-refractivity contribution in [1.82, 2.24) is 19.2 Å². The van der Waals surface area contributed by atoms with E-state index in [1.54, 1.807) is 0 Å². The summed E-state index contributed by atoms with van der Waals surface area (Å²) >= 11 is 1.41. The first-order chi connectivity index (χ1) is 11.9. The molecule has 5 nitrogen and oxygen atoms in total. The number of hydrogen-bond donors (Lipinski definition) is 1. The number of benzene rings is 1. The maximum absolute atomic E-state index is 13.1. The van der Waals surface area contributed by atoms with Crippen LogP contribution in [0, 0.1) is 5.82 Å². The molecule has 0 unspecified atom stereocenters. The van der Waals surface area contributed by atoms with Crippen LogP contribution >= 0.6 is 11.5 Å². The second kappa shape index (κ2) is 7.76. The lowest BCUT2D eigenvalue weighted by Crippen LogP contribution is -2.44. The number of likely N-dealkylation sites (N-methyl/N-ethyl adjacent to an activating group) is 1. The van der Waals surface area contributed by atoms with E-state index in [0.29, 0.717) is 0 Å². The van der Waals surface area contributed by atoms with Crippen LogP contribution < -0.4 is 5.32 Å². The van der Waals surface area contributed by atoms with Crippen molar-refractivity contribution < 1.29 is 4.39 Å². The highest BCUT2D eigenvalue weighted by atomic mass is 32.1. The molecule has 1 aromatic carbocycles. The molecule has 0 atom stereocenters. The van der Waals surface area contributed by atoms with Gasteiger partial charge in [0.1, 0.15) is 5.82 Å². The lowest BCUT2D eigenvalue weighted by Gasteiger charge is -2.31. The van der Waals surface area contributed by atoms with Gasteiger partial charge in [0.25, 0.3) is 0 Å². The van der Waals surface area contributed by atoms with E-state index in [4.69, 9.17) is 0 Å². The van der Waals surface area contributed by atoms with Gasteiger partial charge in [-0.1, -0.05) is 26.0 Å². The first-order valence-electron chi connectivity index (χ1n) is 8.66. The minimum atomic E-state index is -0.204. The number of anilines is 1. The highest BCUT2D eigenvalue weighted by molar-refractivity contribution is 7.09. The van der Waals surface area contributed by atoms with Gasteiger partial charge >= 0.3 is 0 Å². The third-order valence-corrected chi connectivity index (χ3v) is 5.45. The van der Waals surface area contributed by atoms with Crippen LogP contribution in [0.1, 0.15) is 25.2 Å². The van der Waals surface area contributed by atoms with Gasteiger partial charge in [-0.2, -0.15) is 4.37 Å². The Morgan fingerprint density at radius 1 is 1.16 bits per heavy atom. The molecule has 1 aromatic heterocycles. The number of hydrogen-bond acceptors (Lipinski definition) is 6. The summed E-state index contributed by atoms with van der Waals surface area (Å²) in [5, 5.41) is 4.23. The lowest BCUT2D eigenvalue weighted by molar-refractivity contribution is 0.146. The maximum Gasteiger partial charge on any atom is 0.202 e. The Balaban J connectivity index is 1.53. The van der Waals surface area contributed by atoms with Crippen molar-refractivity contribution in [3.05, 3.63) is 41.5 Å². The zero-order valence-corrected chi connectivity index (χ0v) is 15.9. The summed E-state index contributed by atoms with van der Waals surface area (Å²) in [4.78, 5) is 9.36. The smallest absolute Gasteiger partial charge is 0.202 e. The Kier molecular flexibility index (Phi) is 5.66. The van der Waals surface area contributed by atoms with E-state index >= 15 is 0 Å². The molecule has 0 saturated carbocycles. The van der Waals surface area contributed by atoms with Crippen molar-refractivity contribution in [2.24, 2.45) is 0 Å². The Bertz CT molecular complexity index is 677. The number of aromatic nitrogens is 2. The summed E-state index contributed by atoms with van der Waals surface area (Å²) in [6.07, 6.45) is 0. The molecule has 1 N–H and O–H groups in total. The van der Waals surface area contributed by atoms with Gasteiger partial charge in [0.2, 0.25) is 5.13 Å². The highest BCUT2D eigenvalue weighted by Gasteiger charge is 2.21. The second-order valence-corrected chi connectivity index (χ2v) is 8.09. The van der Waals surface area contributed by atoms with Gasteiger partial charge in [-0.25, -0.2) is 9.37 Å². The van der Waals surface area contributed by atoms with E-state index in [0.717, 1.165) is 55.8 Å². The SMILES string of the molecule is CN1CCN(Cc2nsc(NCC(C)(C)c3ccc(F)cc3)n2)CC1. The molecule has 0 aliphatic carbocycles. The number of halogens is 1. The summed E-state index contributed by atoms with van der Waals surface area (Å²) in [6.45, 7) is 10.1. The molecule has 1 aliphatic rings. The molecule has 0 spiro atoms. The standard InChI is InChI=1S/C18H26FN5S/c1-18(2,14-4-6-15(19)7-5-14)13-20-17-21-16(22-25-17)12-24-10-8-23(3)9-11-24/h4-7H,8-13H2,1-3H3,(H,20,21,22). The molecule has 2 aromatic rings. The Morgan fingerprint density at radius 3 is 2.52 bits per heavy atom. The van der Waals surface area contributed by atoms with Crippen LogP contribution in [0.4, 0.5) is 9.52 Å². The van der Waals surface area contributed by atoms with E-state index in [2.05, 4.69) is 45.4 Å². The zero-order valence-electron chi connectivity index (χ0n) is 15.1. The van der Waals surface area contributed by atoms with Gasteiger partial charge in [0, 0.05) is 49.7 Å². The predicted octanol–water partition coefficient (Wildman–Crippen LogP) is 2.81. The predicted molar refractivity (Wildman–Crippen MR) is 101 cm³/mol. The van der Waals surface area contributed by atoms with Crippen molar-refractivity contribution >= 4 is 16.7 Å². The summed E-state index contributed by atoms with van der Waals surface area (Å²) < 4.78 is 17.6. The van der Waals surface area contributed by atoms with Crippen LogP contribution in [-0.2, 0) is 12.0 Å². The van der Waals surface area contributed by atoms with Crippen molar-refractivity contribution in [3.8, 4) is 0 Å². The largest absolute Gasteiger partial charge is 0.359 e. The number of rotatable bonds is 6. The lowest BCUT2D eigenvalue weighted by atomic mass is 9.85. The molecule has 0 amide bonds. The molecule has 136 valence electrons. The van der Waals surface area contributed by atoms with Gasteiger partial charge < -0.3 is 10.2 Å². The van der Waals surface area contributed by atoms with Crippen LogP contribution in [0.15, 0.2) is 24.3 Å². The molecule has 1 saturated heterocycles. The first kappa shape index (κ1) is 18.2. The van der Waals surface area contributed by atoms with Gasteiger partial charge in [0.15, 0.2) is 5.82 Å². The van der Waals surface area contributed by atoms with Crippen LogP contribution in [0.25, 0.3) is 0 Å². The molecule has 2 heterocycles. The van der Waals surface area contributed by atoms with Crippen molar-refractivity contribution in [2.75, 3.05) is 45.1 Å². The summed E-state index contributed by atoms with van der Waals surface area (Å²) in [6, 6.07) is 6.71. The maximum atomic E-state index is 13.1. The average Bonchev–Trinajstić information content (AvgIpc) is 3.03. The fourth-order valence-electron chi connectivity index (χ4n) is 2.90. The van der Waals surface area contributed by atoms with Crippen LogP contribution in [0.5, 0.6) is 0 Å². The zero-order chi connectivity index (χ0) is 17.9. The molecular weight excluding hydrogens is 337 g/mol. The van der Waals surface area contributed by atoms with E-state index in [-0.39, 0.29) is 11.2 Å². The molecule has 1 aliphatic heterocycles. The minimum Gasteiger partial charge on any atom is -0.359 e. The molecular formula is C18H26FN5S. The number of nitrogens with one attached hydrogen (secondary N) is 1. The Hall–Kier alpha value is -1.57. The first-order valence-corrected chi connectivity index (χ1v) is 9.43. The third-order valence-electron chi connectivity index (χ3n) is 4.74. The topological polar surface area (TPSA) is 44.3 Å². The van der Waals surface area contributed by atoms with Crippen molar-refractivity contribution in [3.63, 3.8) is 0 Å². The van der Waals surface area contributed by atoms with E-state index < -0.39 is 0 Å². The molecule has 0 radical (unpaired) electrons. The summed E-state index contributed by atoms with van der Waals surface area (Å²) in [7, 11) is 2.16. The quantitative estimate of drug-likeness (QED) is 0.855. The summed E-state index contributed by atoms with van der Waals surface area (Å²) in [5.41, 5.74) is 0.986. The highest BCUT2D eigenvalue weighted by Crippen LogP contribution is 2.24. The van der Waals surface area contributed by atoms with Crippen molar-refractivity contribution in [1.29, 1.82) is 0 Å². The van der Waals surface area contributed by atoms with E-state index in [9.17, 15) is 4.39 Å². The minimum absolute atomic E-state index is 0.114. The monoisotopic (exact) mass is 363 g/mol. The Labute approximate surface area is 153 Å². The normalized spacial score (nSPS) is 17.0. The fourth-order valence-corrected chi connectivity index (χ4v) is 3.47. The average molecular weight is 364 g/mol. The molecule has 0 bridgehead atoms. The molecule has 3 rings (SSSR count). The van der Waals surface area contributed by atoms with Gasteiger partial charge in [0.05, 0.1) is 6.54 Å². The molecule has 1 fully saturated rings. The molecule has 7 heteroatoms. The van der Waals surface area contributed by atoms with Crippen molar-refractivity contribution in [2.45, 2.75) is 25.8 Å². The van der Waals surface area contributed by atoms with Gasteiger partial charge in [-0.15, -0.1) is 0 Å². The third kappa shape index (κ3) is 4.96. The van der Waals surface area contributed by atoms with Crippen LogP contribution in [-0.4, -0.2) is 58.9 Å². The van der Waals surface area contributed by atoms with Gasteiger partial charge in [-0.3, -0.25) is 4.90 Å². The van der Waals surface area contributed by atoms with Gasteiger partial charge in [-0.05, 0) is 24.7 Å². The van der Waals surface area contributed by atoms with Crippen LogP contribution in [0.2, 0.25) is 0 Å². The second-order valence-electron chi connectivity index (χ2n) is 7.34. The fraction of sp³-hybridized carbons (Fsp3) is 0.556.